The lowest BCUT2D eigenvalue weighted by Crippen LogP contribution is -2.37. The van der Waals surface area contributed by atoms with Gasteiger partial charge in [0, 0.05) is 6.04 Å². The van der Waals surface area contributed by atoms with Gasteiger partial charge in [-0.25, -0.2) is 13.2 Å². The molecule has 1 amide bonds. The van der Waals surface area contributed by atoms with E-state index in [4.69, 9.17) is 10.00 Å². The molecule has 7 nitrogen and oxygen atoms in total. The molecule has 0 aliphatic heterocycles. The van der Waals surface area contributed by atoms with Crippen LogP contribution >= 0.6 is 0 Å². The second-order valence-corrected chi connectivity index (χ2v) is 8.22. The number of nitriles is 1. The quantitative estimate of drug-likeness (QED) is 0.693. The van der Waals surface area contributed by atoms with Gasteiger partial charge in [0.25, 0.3) is 5.91 Å². The molecule has 0 saturated heterocycles. The van der Waals surface area contributed by atoms with Crippen molar-refractivity contribution in [2.24, 2.45) is 5.92 Å². The molecule has 1 aliphatic carbocycles. The van der Waals surface area contributed by atoms with Crippen LogP contribution in [0.1, 0.15) is 35.7 Å². The molecule has 0 bridgehead atoms. The number of amides is 1. The van der Waals surface area contributed by atoms with Crippen molar-refractivity contribution in [1.82, 2.24) is 5.32 Å². The van der Waals surface area contributed by atoms with Crippen molar-refractivity contribution in [1.29, 1.82) is 5.26 Å². The Morgan fingerprint density at radius 1 is 1.32 bits per heavy atom. The predicted molar refractivity (Wildman–Crippen MR) is 90.2 cm³/mol. The zero-order valence-electron chi connectivity index (χ0n) is 13.9. The maximum Gasteiger partial charge on any atom is 0.338 e. The molecule has 1 aliphatic rings. The molecule has 0 aromatic heterocycles. The zero-order chi connectivity index (χ0) is 18.4. The first-order valence-electron chi connectivity index (χ1n) is 7.93. The number of nitrogens with zero attached hydrogens (tertiary/aromatic N) is 1. The molecule has 0 spiro atoms. The third kappa shape index (κ3) is 6.19. The van der Waals surface area contributed by atoms with Crippen LogP contribution in [-0.2, 0) is 25.1 Å². The van der Waals surface area contributed by atoms with E-state index in [9.17, 15) is 18.0 Å². The van der Waals surface area contributed by atoms with Gasteiger partial charge in [-0.05, 0) is 43.4 Å². The summed E-state index contributed by atoms with van der Waals surface area (Å²) in [6.45, 7) is 1.57. The molecule has 8 heteroatoms. The fraction of sp³-hybridized carbons (Fsp3) is 0.471. The molecule has 1 fully saturated rings. The van der Waals surface area contributed by atoms with Crippen molar-refractivity contribution in [2.45, 2.75) is 31.6 Å². The Labute approximate surface area is 146 Å². The predicted octanol–water partition coefficient (Wildman–Crippen LogP) is 1.20. The lowest BCUT2D eigenvalue weighted by atomic mass is 10.1. The summed E-state index contributed by atoms with van der Waals surface area (Å²) in [7, 11) is -3.48. The highest BCUT2D eigenvalue weighted by molar-refractivity contribution is 7.90. The highest BCUT2D eigenvalue weighted by atomic mass is 32.2. The number of carbonyl (C=O) groups excluding carboxylic acids is 2. The Morgan fingerprint density at radius 3 is 2.52 bits per heavy atom. The Morgan fingerprint density at radius 2 is 1.96 bits per heavy atom. The van der Waals surface area contributed by atoms with Crippen LogP contribution in [0.15, 0.2) is 24.3 Å². The molecule has 0 heterocycles. The zero-order valence-corrected chi connectivity index (χ0v) is 14.7. The van der Waals surface area contributed by atoms with Gasteiger partial charge in [-0.15, -0.1) is 0 Å². The van der Waals surface area contributed by atoms with E-state index in [1.807, 2.05) is 6.92 Å². The minimum atomic E-state index is -3.48. The largest absolute Gasteiger partial charge is 0.452 e. The van der Waals surface area contributed by atoms with E-state index in [1.54, 1.807) is 6.07 Å². The standard InChI is InChI=1S/C17H20N2O5S/c1-12(14-6-7-14)19-16(20)10-24-17(21)15-4-2-13(3-5-15)11-25(22,23)9-8-18/h2-5,12,14H,6-7,9-11H2,1H3,(H,19,20)/t12-/m1/s1. The van der Waals surface area contributed by atoms with Crippen LogP contribution in [0.5, 0.6) is 0 Å². The highest BCUT2D eigenvalue weighted by Gasteiger charge is 2.29. The van der Waals surface area contributed by atoms with Gasteiger partial charge in [0.15, 0.2) is 16.4 Å². The molecular formula is C17H20N2O5S. The van der Waals surface area contributed by atoms with Crippen molar-refractivity contribution in [3.05, 3.63) is 35.4 Å². The van der Waals surface area contributed by atoms with E-state index in [1.165, 1.54) is 24.3 Å². The molecule has 134 valence electrons. The minimum Gasteiger partial charge on any atom is -0.452 e. The number of esters is 1. The normalized spacial score (nSPS) is 15.0. The van der Waals surface area contributed by atoms with E-state index in [2.05, 4.69) is 5.32 Å². The van der Waals surface area contributed by atoms with Gasteiger partial charge in [-0.3, -0.25) is 4.79 Å². The monoisotopic (exact) mass is 364 g/mol. The average Bonchev–Trinajstić information content (AvgIpc) is 3.37. The van der Waals surface area contributed by atoms with Crippen molar-refractivity contribution in [2.75, 3.05) is 12.4 Å². The van der Waals surface area contributed by atoms with Crippen LogP contribution in [0, 0.1) is 17.2 Å². The van der Waals surface area contributed by atoms with E-state index < -0.39 is 21.6 Å². The van der Waals surface area contributed by atoms with E-state index in [0.717, 1.165) is 12.8 Å². The van der Waals surface area contributed by atoms with Gasteiger partial charge in [0.05, 0.1) is 17.4 Å². The molecule has 2 rings (SSSR count). The molecule has 1 N–H and O–H groups in total. The molecule has 25 heavy (non-hydrogen) atoms. The van der Waals surface area contributed by atoms with Crippen molar-refractivity contribution < 1.29 is 22.7 Å². The highest BCUT2D eigenvalue weighted by Crippen LogP contribution is 2.32. The molecule has 1 aromatic carbocycles. The minimum absolute atomic E-state index is 0.0841. The van der Waals surface area contributed by atoms with Crippen LogP contribution in [0.25, 0.3) is 0 Å². The molecule has 0 radical (unpaired) electrons. The van der Waals surface area contributed by atoms with E-state index in [0.29, 0.717) is 11.5 Å². The first kappa shape index (κ1) is 18.9. The molecule has 1 atom stereocenters. The van der Waals surface area contributed by atoms with Gasteiger partial charge in [0.1, 0.15) is 5.75 Å². The summed E-state index contributed by atoms with van der Waals surface area (Å²) in [5.74, 6) is -1.29. The van der Waals surface area contributed by atoms with Gasteiger partial charge in [-0.1, -0.05) is 12.1 Å². The number of carbonyl (C=O) groups is 2. The third-order valence-corrected chi connectivity index (χ3v) is 5.25. The van der Waals surface area contributed by atoms with Gasteiger partial charge < -0.3 is 10.1 Å². The SMILES string of the molecule is C[C@@H](NC(=O)COC(=O)c1ccc(CS(=O)(=O)CC#N)cc1)C1CC1. The third-order valence-electron chi connectivity index (χ3n) is 3.91. The summed E-state index contributed by atoms with van der Waals surface area (Å²) in [5, 5.41) is 11.3. The summed E-state index contributed by atoms with van der Waals surface area (Å²) in [6, 6.07) is 7.54. The van der Waals surface area contributed by atoms with Crippen LogP contribution in [0.3, 0.4) is 0 Å². The Bertz CT molecular complexity index is 776. The van der Waals surface area contributed by atoms with Gasteiger partial charge >= 0.3 is 5.97 Å². The summed E-state index contributed by atoms with van der Waals surface area (Å²) in [6.07, 6.45) is 2.22. The summed E-state index contributed by atoms with van der Waals surface area (Å²) in [4.78, 5) is 23.6. The number of ether oxygens (including phenoxy) is 1. The van der Waals surface area contributed by atoms with Crippen LogP contribution in [-0.4, -0.2) is 38.7 Å². The molecule has 1 aromatic rings. The molecule has 1 saturated carbocycles. The summed E-state index contributed by atoms with van der Waals surface area (Å²) in [5.41, 5.74) is 0.701. The number of hydrogen-bond donors (Lipinski definition) is 1. The van der Waals surface area contributed by atoms with Crippen molar-refractivity contribution in [3.63, 3.8) is 0 Å². The van der Waals surface area contributed by atoms with Crippen LogP contribution in [0.4, 0.5) is 0 Å². The summed E-state index contributed by atoms with van der Waals surface area (Å²) >= 11 is 0. The second-order valence-electron chi connectivity index (χ2n) is 6.16. The molecular weight excluding hydrogens is 344 g/mol. The maximum atomic E-state index is 11.9. The fourth-order valence-corrected chi connectivity index (χ4v) is 3.36. The van der Waals surface area contributed by atoms with Crippen molar-refractivity contribution in [3.8, 4) is 6.07 Å². The van der Waals surface area contributed by atoms with E-state index in [-0.39, 0.29) is 29.9 Å². The fourth-order valence-electron chi connectivity index (χ4n) is 2.36. The van der Waals surface area contributed by atoms with Gasteiger partial charge in [0.2, 0.25) is 0 Å². The number of rotatable bonds is 8. The topological polar surface area (TPSA) is 113 Å². The Balaban J connectivity index is 1.83. The number of nitrogens with one attached hydrogen (secondary N) is 1. The number of hydrogen-bond acceptors (Lipinski definition) is 6. The van der Waals surface area contributed by atoms with E-state index >= 15 is 0 Å². The second kappa shape index (κ2) is 8.12. The first-order valence-corrected chi connectivity index (χ1v) is 9.75. The lowest BCUT2D eigenvalue weighted by Gasteiger charge is -2.12. The number of sulfone groups is 1. The lowest BCUT2D eigenvalue weighted by molar-refractivity contribution is -0.124. The van der Waals surface area contributed by atoms with Crippen LogP contribution < -0.4 is 5.32 Å². The molecule has 0 unspecified atom stereocenters. The number of benzene rings is 1. The maximum absolute atomic E-state index is 11.9. The summed E-state index contributed by atoms with van der Waals surface area (Å²) < 4.78 is 28.1. The Hall–Kier alpha value is -2.40. The first-order chi connectivity index (χ1) is 11.8. The average molecular weight is 364 g/mol. The smallest absolute Gasteiger partial charge is 0.338 e. The Kier molecular flexibility index (Phi) is 6.15. The van der Waals surface area contributed by atoms with Gasteiger partial charge in [-0.2, -0.15) is 5.26 Å². The van der Waals surface area contributed by atoms with Crippen molar-refractivity contribution >= 4 is 21.7 Å². The van der Waals surface area contributed by atoms with Crippen LogP contribution in [0.2, 0.25) is 0 Å².